The summed E-state index contributed by atoms with van der Waals surface area (Å²) in [5, 5.41) is 4.39. The van der Waals surface area contributed by atoms with Gasteiger partial charge in [0.2, 0.25) is 15.9 Å². The van der Waals surface area contributed by atoms with Crippen LogP contribution < -0.4 is 0 Å². The van der Waals surface area contributed by atoms with E-state index in [-0.39, 0.29) is 23.3 Å². The molecule has 1 fully saturated rings. The van der Waals surface area contributed by atoms with Gasteiger partial charge in [-0.25, -0.2) is 8.42 Å². The summed E-state index contributed by atoms with van der Waals surface area (Å²) in [7, 11) is -1.93. The number of aryl methyl sites for hydroxylation is 2. The predicted molar refractivity (Wildman–Crippen MR) is 105 cm³/mol. The Bertz CT molecular complexity index is 937. The molecule has 1 atom stereocenters. The van der Waals surface area contributed by atoms with Crippen LogP contribution in [-0.4, -0.2) is 48.8 Å². The molecule has 2 aromatic rings. The summed E-state index contributed by atoms with van der Waals surface area (Å²) in [6.07, 6.45) is 1.31. The van der Waals surface area contributed by atoms with Crippen LogP contribution in [0.15, 0.2) is 33.7 Å². The Balaban J connectivity index is 1.71. The second kappa shape index (κ2) is 8.23. The van der Waals surface area contributed by atoms with E-state index in [4.69, 9.17) is 16.1 Å². The van der Waals surface area contributed by atoms with E-state index in [9.17, 15) is 13.2 Å². The Kier molecular flexibility index (Phi) is 6.12. The zero-order chi connectivity index (χ0) is 20.5. The molecular weight excluding hydrogens is 402 g/mol. The van der Waals surface area contributed by atoms with Crippen LogP contribution in [0.2, 0.25) is 5.02 Å². The van der Waals surface area contributed by atoms with E-state index in [1.165, 1.54) is 16.4 Å². The van der Waals surface area contributed by atoms with Gasteiger partial charge in [0.15, 0.2) is 0 Å². The smallest absolute Gasteiger partial charge is 0.243 e. The van der Waals surface area contributed by atoms with Gasteiger partial charge >= 0.3 is 0 Å². The van der Waals surface area contributed by atoms with E-state index < -0.39 is 10.0 Å². The molecule has 0 radical (unpaired) electrons. The molecule has 1 saturated heterocycles. The molecule has 1 amide bonds. The first-order valence-corrected chi connectivity index (χ1v) is 10.9. The van der Waals surface area contributed by atoms with E-state index in [0.717, 1.165) is 11.3 Å². The normalized spacial score (nSPS) is 18.2. The molecule has 9 heteroatoms. The molecule has 1 aliphatic rings. The fourth-order valence-electron chi connectivity index (χ4n) is 3.47. The van der Waals surface area contributed by atoms with Crippen molar-refractivity contribution in [1.82, 2.24) is 14.4 Å². The van der Waals surface area contributed by atoms with Crippen molar-refractivity contribution in [3.63, 3.8) is 0 Å². The first-order chi connectivity index (χ1) is 13.2. The largest absolute Gasteiger partial charge is 0.361 e. The quantitative estimate of drug-likeness (QED) is 0.735. The molecule has 0 aliphatic carbocycles. The number of hydrogen-bond acceptors (Lipinski definition) is 5. The van der Waals surface area contributed by atoms with Crippen molar-refractivity contribution in [2.24, 2.45) is 5.92 Å². The summed E-state index contributed by atoms with van der Waals surface area (Å²) in [6, 6.07) is 6.09. The minimum atomic E-state index is -3.66. The van der Waals surface area contributed by atoms with Gasteiger partial charge in [-0.1, -0.05) is 16.8 Å². The highest BCUT2D eigenvalue weighted by molar-refractivity contribution is 7.89. The van der Waals surface area contributed by atoms with Crippen LogP contribution in [0.25, 0.3) is 0 Å². The molecule has 28 heavy (non-hydrogen) atoms. The molecule has 1 aromatic carbocycles. The number of benzene rings is 1. The Morgan fingerprint density at radius 1 is 1.32 bits per heavy atom. The molecule has 0 spiro atoms. The maximum absolute atomic E-state index is 12.9. The van der Waals surface area contributed by atoms with E-state index in [0.29, 0.717) is 36.7 Å². The highest BCUT2D eigenvalue weighted by Gasteiger charge is 2.34. The number of sulfonamides is 1. The van der Waals surface area contributed by atoms with Crippen molar-refractivity contribution >= 4 is 27.5 Å². The van der Waals surface area contributed by atoms with Crippen LogP contribution in [0, 0.1) is 19.8 Å². The zero-order valence-electron chi connectivity index (χ0n) is 16.2. The van der Waals surface area contributed by atoms with Gasteiger partial charge in [-0.3, -0.25) is 4.79 Å². The van der Waals surface area contributed by atoms with Gasteiger partial charge in [0.05, 0.1) is 23.1 Å². The second-order valence-corrected chi connectivity index (χ2v) is 9.53. The summed E-state index contributed by atoms with van der Waals surface area (Å²) in [4.78, 5) is 14.7. The first-order valence-electron chi connectivity index (χ1n) is 9.12. The lowest BCUT2D eigenvalue weighted by Crippen LogP contribution is -2.45. The van der Waals surface area contributed by atoms with Crippen LogP contribution in [0.1, 0.15) is 29.9 Å². The van der Waals surface area contributed by atoms with Crippen molar-refractivity contribution in [2.75, 3.05) is 20.1 Å². The van der Waals surface area contributed by atoms with Crippen LogP contribution >= 0.6 is 11.6 Å². The number of nitrogens with zero attached hydrogens (tertiary/aromatic N) is 3. The number of aromatic nitrogens is 1. The number of halogens is 1. The molecule has 3 rings (SSSR count). The monoisotopic (exact) mass is 425 g/mol. The van der Waals surface area contributed by atoms with Gasteiger partial charge in [-0.2, -0.15) is 4.31 Å². The van der Waals surface area contributed by atoms with Crippen LogP contribution in [0.5, 0.6) is 0 Å². The van der Waals surface area contributed by atoms with Crippen molar-refractivity contribution in [2.45, 2.75) is 38.1 Å². The molecular formula is C19H24ClN3O4S. The van der Waals surface area contributed by atoms with Crippen LogP contribution in [-0.2, 0) is 21.4 Å². The second-order valence-electron chi connectivity index (χ2n) is 7.15. The summed E-state index contributed by atoms with van der Waals surface area (Å²) >= 11 is 5.86. The number of amides is 1. The van der Waals surface area contributed by atoms with Crippen molar-refractivity contribution < 1.29 is 17.7 Å². The third-order valence-corrected chi connectivity index (χ3v) is 7.27. The number of piperidine rings is 1. The first kappa shape index (κ1) is 20.8. The van der Waals surface area contributed by atoms with Crippen molar-refractivity contribution in [3.05, 3.63) is 46.3 Å². The highest BCUT2D eigenvalue weighted by Crippen LogP contribution is 2.26. The molecule has 1 unspecified atom stereocenters. The van der Waals surface area contributed by atoms with Gasteiger partial charge < -0.3 is 9.42 Å². The van der Waals surface area contributed by atoms with E-state index in [1.54, 1.807) is 24.1 Å². The Labute approximate surface area is 170 Å². The minimum Gasteiger partial charge on any atom is -0.361 e. The molecule has 0 bridgehead atoms. The topological polar surface area (TPSA) is 83.7 Å². The van der Waals surface area contributed by atoms with Gasteiger partial charge in [-0.05, 0) is 51.0 Å². The predicted octanol–water partition coefficient (Wildman–Crippen LogP) is 3.00. The number of rotatable bonds is 5. The summed E-state index contributed by atoms with van der Waals surface area (Å²) in [5.41, 5.74) is 1.64. The molecule has 1 aliphatic heterocycles. The molecule has 7 nitrogen and oxygen atoms in total. The lowest BCUT2D eigenvalue weighted by molar-refractivity contribution is -0.135. The van der Waals surface area contributed by atoms with Gasteiger partial charge in [0, 0.05) is 30.7 Å². The van der Waals surface area contributed by atoms with E-state index in [2.05, 4.69) is 5.16 Å². The average molecular weight is 426 g/mol. The standard InChI is InChI=1S/C19H24ClN3O4S/c1-13-18(14(2)27-21-13)12-22(3)19(24)15-5-4-10-23(11-15)28(25,26)17-8-6-16(20)7-9-17/h6-9,15H,4-5,10-12H2,1-3H3. The van der Waals surface area contributed by atoms with Crippen molar-refractivity contribution in [3.8, 4) is 0 Å². The van der Waals surface area contributed by atoms with Gasteiger partial charge in [0.25, 0.3) is 0 Å². The number of carbonyl (C=O) groups excluding carboxylic acids is 1. The third kappa shape index (κ3) is 4.24. The molecule has 152 valence electrons. The fourth-order valence-corrected chi connectivity index (χ4v) is 5.12. The lowest BCUT2D eigenvalue weighted by atomic mass is 9.98. The van der Waals surface area contributed by atoms with Gasteiger partial charge in [0.1, 0.15) is 5.76 Å². The molecule has 0 saturated carbocycles. The van der Waals surface area contributed by atoms with Gasteiger partial charge in [-0.15, -0.1) is 0 Å². The summed E-state index contributed by atoms with van der Waals surface area (Å²) in [5.74, 6) is 0.241. The SMILES string of the molecule is Cc1noc(C)c1CN(C)C(=O)C1CCCN(S(=O)(=O)c2ccc(Cl)cc2)C1. The highest BCUT2D eigenvalue weighted by atomic mass is 35.5. The van der Waals surface area contributed by atoms with E-state index >= 15 is 0 Å². The molecule has 0 N–H and O–H groups in total. The Morgan fingerprint density at radius 2 is 2.00 bits per heavy atom. The maximum atomic E-state index is 12.9. The maximum Gasteiger partial charge on any atom is 0.243 e. The van der Waals surface area contributed by atoms with Crippen LogP contribution in [0.4, 0.5) is 0 Å². The Morgan fingerprint density at radius 3 is 2.61 bits per heavy atom. The molecule has 1 aromatic heterocycles. The number of hydrogen-bond donors (Lipinski definition) is 0. The zero-order valence-corrected chi connectivity index (χ0v) is 17.8. The van der Waals surface area contributed by atoms with Crippen LogP contribution in [0.3, 0.4) is 0 Å². The van der Waals surface area contributed by atoms with E-state index in [1.807, 2.05) is 13.8 Å². The number of carbonyl (C=O) groups is 1. The fraction of sp³-hybridized carbons (Fsp3) is 0.474. The third-order valence-electron chi connectivity index (χ3n) is 5.14. The summed E-state index contributed by atoms with van der Waals surface area (Å²) in [6.45, 7) is 4.62. The Hall–Kier alpha value is -1.90. The lowest BCUT2D eigenvalue weighted by Gasteiger charge is -2.33. The molecule has 2 heterocycles. The average Bonchev–Trinajstić information content (AvgIpc) is 2.99. The van der Waals surface area contributed by atoms with Crippen molar-refractivity contribution in [1.29, 1.82) is 0 Å². The summed E-state index contributed by atoms with van der Waals surface area (Å²) < 4.78 is 32.4. The minimum absolute atomic E-state index is 0.0731.